The van der Waals surface area contributed by atoms with Gasteiger partial charge < -0.3 is 15.8 Å². The summed E-state index contributed by atoms with van der Waals surface area (Å²) in [7, 11) is 0. The van der Waals surface area contributed by atoms with Crippen molar-refractivity contribution in [3.63, 3.8) is 0 Å². The van der Waals surface area contributed by atoms with Gasteiger partial charge in [0.2, 0.25) is 0 Å². The number of hydrogen-bond acceptors (Lipinski definition) is 3. The van der Waals surface area contributed by atoms with Crippen molar-refractivity contribution in [3.8, 4) is 0 Å². The predicted octanol–water partition coefficient (Wildman–Crippen LogP) is 0.980. The second kappa shape index (κ2) is 3.87. The summed E-state index contributed by atoms with van der Waals surface area (Å²) in [6.45, 7) is 0. The second-order valence-corrected chi connectivity index (χ2v) is 3.12. The van der Waals surface area contributed by atoms with Crippen molar-refractivity contribution < 1.29 is 9.59 Å². The summed E-state index contributed by atoms with van der Waals surface area (Å²) >= 11 is 1.41. The third kappa shape index (κ3) is 2.06. The van der Waals surface area contributed by atoms with Crippen molar-refractivity contribution in [2.75, 3.05) is 5.32 Å². The van der Waals surface area contributed by atoms with Gasteiger partial charge in [0.1, 0.15) is 6.29 Å². The quantitative estimate of drug-likeness (QED) is 0.687. The molecule has 2 amide bonds. The Morgan fingerprint density at radius 1 is 1.75 bits per heavy atom. The summed E-state index contributed by atoms with van der Waals surface area (Å²) in [6, 6.07) is 1.11. The molecular weight excluding hydrogens is 176 g/mol. The number of carbonyl (C=O) groups is 2. The minimum Gasteiger partial charge on any atom is -0.351 e. The van der Waals surface area contributed by atoms with Crippen molar-refractivity contribution in [1.82, 2.24) is 0 Å². The number of rotatable bonds is 3. The summed E-state index contributed by atoms with van der Waals surface area (Å²) in [5.74, 6) is 0. The number of hydrogen-bond donors (Lipinski definition) is 2. The number of amides is 2. The van der Waals surface area contributed by atoms with E-state index >= 15 is 0 Å². The molecular formula is C7H8N2O2S. The fraction of sp³-hybridized carbons (Fsp3) is 0.143. The molecule has 0 aromatic carbocycles. The van der Waals surface area contributed by atoms with Gasteiger partial charge in [-0.25, -0.2) is 4.79 Å². The normalized spacial score (nSPS) is 9.33. The molecule has 0 spiro atoms. The number of carbonyl (C=O) groups excluding carboxylic acids is 2. The number of primary amides is 1. The van der Waals surface area contributed by atoms with E-state index in [4.69, 9.17) is 5.73 Å². The maximum absolute atomic E-state index is 10.5. The van der Waals surface area contributed by atoms with E-state index < -0.39 is 6.03 Å². The van der Waals surface area contributed by atoms with E-state index in [1.165, 1.54) is 11.3 Å². The zero-order valence-corrected chi connectivity index (χ0v) is 7.06. The van der Waals surface area contributed by atoms with Gasteiger partial charge in [-0.2, -0.15) is 0 Å². The Morgan fingerprint density at radius 2 is 2.50 bits per heavy atom. The molecule has 1 aromatic heterocycles. The van der Waals surface area contributed by atoms with Crippen LogP contribution in [-0.4, -0.2) is 12.3 Å². The van der Waals surface area contributed by atoms with Crippen LogP contribution >= 0.6 is 11.3 Å². The smallest absolute Gasteiger partial charge is 0.316 e. The first-order valence-electron chi connectivity index (χ1n) is 3.30. The second-order valence-electron chi connectivity index (χ2n) is 2.12. The van der Waals surface area contributed by atoms with Crippen LogP contribution in [0.3, 0.4) is 0 Å². The van der Waals surface area contributed by atoms with E-state index in [9.17, 15) is 9.59 Å². The van der Waals surface area contributed by atoms with E-state index in [1.54, 1.807) is 11.4 Å². The van der Waals surface area contributed by atoms with Gasteiger partial charge in [0.15, 0.2) is 0 Å². The Bertz CT molecular complexity index is 295. The molecule has 0 aliphatic heterocycles. The highest BCUT2D eigenvalue weighted by molar-refractivity contribution is 7.10. The molecule has 5 heteroatoms. The molecule has 0 unspecified atom stereocenters. The number of anilines is 1. The zero-order chi connectivity index (χ0) is 8.97. The van der Waals surface area contributed by atoms with Gasteiger partial charge in [-0.1, -0.05) is 0 Å². The van der Waals surface area contributed by atoms with Crippen LogP contribution in [-0.2, 0) is 11.2 Å². The van der Waals surface area contributed by atoms with Crippen molar-refractivity contribution in [2.45, 2.75) is 6.42 Å². The molecule has 64 valence electrons. The van der Waals surface area contributed by atoms with E-state index in [-0.39, 0.29) is 0 Å². The number of nitrogens with one attached hydrogen (secondary N) is 1. The molecule has 0 fully saturated rings. The summed E-state index contributed by atoms with van der Waals surface area (Å²) in [5, 5.41) is 4.22. The van der Waals surface area contributed by atoms with E-state index in [0.717, 1.165) is 11.2 Å². The first-order chi connectivity index (χ1) is 5.74. The minimum absolute atomic E-state index is 0.313. The monoisotopic (exact) mass is 184 g/mol. The molecule has 1 aromatic rings. The Balaban J connectivity index is 2.76. The van der Waals surface area contributed by atoms with Crippen LogP contribution in [0.4, 0.5) is 10.5 Å². The molecule has 0 saturated heterocycles. The van der Waals surface area contributed by atoms with Crippen molar-refractivity contribution in [1.29, 1.82) is 0 Å². The number of aldehydes is 1. The Morgan fingerprint density at radius 3 is 3.08 bits per heavy atom. The fourth-order valence-electron chi connectivity index (χ4n) is 0.818. The molecule has 3 N–H and O–H groups in total. The first kappa shape index (κ1) is 8.73. The molecule has 0 radical (unpaired) electrons. The van der Waals surface area contributed by atoms with Gasteiger partial charge in [-0.3, -0.25) is 0 Å². The molecule has 0 saturated carbocycles. The highest BCUT2D eigenvalue weighted by Gasteiger charge is 2.04. The molecule has 0 bridgehead atoms. The van der Waals surface area contributed by atoms with E-state index in [1.807, 2.05) is 0 Å². The predicted molar refractivity (Wildman–Crippen MR) is 47.3 cm³/mol. The van der Waals surface area contributed by atoms with Crippen LogP contribution in [0.15, 0.2) is 11.4 Å². The molecule has 1 rings (SSSR count). The standard InChI is InChI=1S/C7H8N2O2S/c8-7(11)9-5-2-4-12-6(5)1-3-10/h2-4H,1H2,(H3,8,9,11). The largest absolute Gasteiger partial charge is 0.351 e. The van der Waals surface area contributed by atoms with Crippen LogP contribution in [0.5, 0.6) is 0 Å². The van der Waals surface area contributed by atoms with Gasteiger partial charge >= 0.3 is 6.03 Å². The number of urea groups is 1. The lowest BCUT2D eigenvalue weighted by atomic mass is 10.3. The number of thiophene rings is 1. The van der Waals surface area contributed by atoms with Gasteiger partial charge in [0.25, 0.3) is 0 Å². The Labute approximate surface area is 73.4 Å². The van der Waals surface area contributed by atoms with Gasteiger partial charge in [0, 0.05) is 11.3 Å². The van der Waals surface area contributed by atoms with Crippen LogP contribution in [0.1, 0.15) is 4.88 Å². The highest BCUT2D eigenvalue weighted by Crippen LogP contribution is 2.21. The van der Waals surface area contributed by atoms with Crippen LogP contribution in [0.2, 0.25) is 0 Å². The van der Waals surface area contributed by atoms with Gasteiger partial charge in [0.05, 0.1) is 5.69 Å². The summed E-state index contributed by atoms with van der Waals surface area (Å²) in [6.07, 6.45) is 1.10. The van der Waals surface area contributed by atoms with E-state index in [0.29, 0.717) is 12.1 Å². The van der Waals surface area contributed by atoms with Gasteiger partial charge in [-0.15, -0.1) is 11.3 Å². The summed E-state index contributed by atoms with van der Waals surface area (Å²) < 4.78 is 0. The van der Waals surface area contributed by atoms with Crippen LogP contribution in [0.25, 0.3) is 0 Å². The summed E-state index contributed by atoms with van der Waals surface area (Å²) in [4.78, 5) is 21.4. The molecule has 4 nitrogen and oxygen atoms in total. The number of nitrogens with two attached hydrogens (primary N) is 1. The Kier molecular flexibility index (Phi) is 2.82. The van der Waals surface area contributed by atoms with E-state index in [2.05, 4.69) is 5.32 Å². The topological polar surface area (TPSA) is 72.2 Å². The fourth-order valence-corrected chi connectivity index (χ4v) is 1.60. The lowest BCUT2D eigenvalue weighted by Crippen LogP contribution is -2.19. The van der Waals surface area contributed by atoms with Crippen molar-refractivity contribution in [2.24, 2.45) is 5.73 Å². The maximum Gasteiger partial charge on any atom is 0.316 e. The lowest BCUT2D eigenvalue weighted by molar-refractivity contribution is -0.107. The van der Waals surface area contributed by atoms with Gasteiger partial charge in [-0.05, 0) is 11.4 Å². The van der Waals surface area contributed by atoms with Crippen molar-refractivity contribution in [3.05, 3.63) is 16.3 Å². The SMILES string of the molecule is NC(=O)Nc1ccsc1CC=O. The molecule has 1 heterocycles. The average Bonchev–Trinajstić information content (AvgIpc) is 2.37. The van der Waals surface area contributed by atoms with Crippen LogP contribution < -0.4 is 11.1 Å². The molecule has 0 aliphatic carbocycles. The third-order valence-electron chi connectivity index (χ3n) is 1.27. The van der Waals surface area contributed by atoms with Crippen molar-refractivity contribution >= 4 is 29.3 Å². The lowest BCUT2D eigenvalue weighted by Gasteiger charge is -1.99. The Hall–Kier alpha value is -1.36. The third-order valence-corrected chi connectivity index (χ3v) is 2.22. The molecule has 0 aliphatic rings. The first-order valence-corrected chi connectivity index (χ1v) is 4.18. The maximum atomic E-state index is 10.5. The molecule has 12 heavy (non-hydrogen) atoms. The highest BCUT2D eigenvalue weighted by atomic mass is 32.1. The zero-order valence-electron chi connectivity index (χ0n) is 6.24. The molecule has 0 atom stereocenters. The average molecular weight is 184 g/mol. The summed E-state index contributed by atoms with van der Waals surface area (Å²) in [5.41, 5.74) is 5.54. The minimum atomic E-state index is -0.611. The van der Waals surface area contributed by atoms with Crippen LogP contribution in [0, 0.1) is 0 Å².